The van der Waals surface area contributed by atoms with Crippen LogP contribution < -0.4 is 5.32 Å². The standard InChI is InChI=1S/C21H19ClN4O/c1-21(2,3)18-12-19(26(25-18)17-10-5-4-9-16(17)22)24-20(27)15-8-6-7-14(11-15)13-23/h4-12H,1-3H3,(H,24,27). The average Bonchev–Trinajstić information content (AvgIpc) is 3.06. The Labute approximate surface area is 163 Å². The molecule has 0 aliphatic heterocycles. The van der Waals surface area contributed by atoms with Crippen molar-refractivity contribution in [2.45, 2.75) is 26.2 Å². The van der Waals surface area contributed by atoms with Crippen LogP contribution in [0, 0.1) is 11.3 Å². The molecule has 27 heavy (non-hydrogen) atoms. The summed E-state index contributed by atoms with van der Waals surface area (Å²) in [5.74, 6) is 0.196. The molecule has 5 nitrogen and oxygen atoms in total. The molecule has 0 fully saturated rings. The molecule has 0 saturated heterocycles. The number of nitrogens with zero attached hydrogens (tertiary/aromatic N) is 3. The first-order chi connectivity index (χ1) is 12.8. The van der Waals surface area contributed by atoms with Gasteiger partial charge in [-0.1, -0.05) is 50.6 Å². The van der Waals surface area contributed by atoms with Gasteiger partial charge in [0.05, 0.1) is 28.0 Å². The number of para-hydroxylation sites is 1. The molecular weight excluding hydrogens is 360 g/mol. The van der Waals surface area contributed by atoms with E-state index in [-0.39, 0.29) is 11.3 Å². The van der Waals surface area contributed by atoms with Gasteiger partial charge < -0.3 is 5.32 Å². The van der Waals surface area contributed by atoms with Gasteiger partial charge in [0.2, 0.25) is 0 Å². The molecule has 0 spiro atoms. The maximum atomic E-state index is 12.7. The highest BCUT2D eigenvalue weighted by atomic mass is 35.5. The largest absolute Gasteiger partial charge is 0.306 e. The Kier molecular flexibility index (Phi) is 5.02. The lowest BCUT2D eigenvalue weighted by atomic mass is 9.92. The summed E-state index contributed by atoms with van der Waals surface area (Å²) in [6.45, 7) is 6.15. The van der Waals surface area contributed by atoms with E-state index >= 15 is 0 Å². The lowest BCUT2D eigenvalue weighted by molar-refractivity contribution is 0.102. The van der Waals surface area contributed by atoms with E-state index in [1.54, 1.807) is 35.0 Å². The molecular formula is C21H19ClN4O. The Hall–Kier alpha value is -3.10. The molecule has 1 heterocycles. The quantitative estimate of drug-likeness (QED) is 0.701. The summed E-state index contributed by atoms with van der Waals surface area (Å²) in [5, 5.41) is 17.1. The van der Waals surface area contributed by atoms with E-state index < -0.39 is 0 Å². The van der Waals surface area contributed by atoms with Crippen molar-refractivity contribution in [1.82, 2.24) is 9.78 Å². The molecule has 0 aliphatic carbocycles. The van der Waals surface area contributed by atoms with Crippen LogP contribution >= 0.6 is 11.6 Å². The van der Waals surface area contributed by atoms with E-state index in [9.17, 15) is 4.79 Å². The summed E-state index contributed by atoms with van der Waals surface area (Å²) in [4.78, 5) is 12.7. The number of carbonyl (C=O) groups excluding carboxylic acids is 1. The number of hydrogen-bond acceptors (Lipinski definition) is 3. The normalized spacial score (nSPS) is 11.1. The third-order valence-corrected chi connectivity index (χ3v) is 4.37. The molecule has 0 unspecified atom stereocenters. The molecule has 6 heteroatoms. The number of benzene rings is 2. The number of nitrogens with one attached hydrogen (secondary N) is 1. The summed E-state index contributed by atoms with van der Waals surface area (Å²) in [7, 11) is 0. The van der Waals surface area contributed by atoms with E-state index in [4.69, 9.17) is 16.9 Å². The van der Waals surface area contributed by atoms with Crippen molar-refractivity contribution in [3.05, 3.63) is 76.4 Å². The van der Waals surface area contributed by atoms with Gasteiger partial charge in [-0.25, -0.2) is 4.68 Å². The number of carbonyl (C=O) groups is 1. The first-order valence-corrected chi connectivity index (χ1v) is 8.84. The smallest absolute Gasteiger partial charge is 0.256 e. The minimum atomic E-state index is -0.319. The first-order valence-electron chi connectivity index (χ1n) is 8.46. The molecule has 0 aliphatic rings. The number of hydrogen-bond donors (Lipinski definition) is 1. The third kappa shape index (κ3) is 4.02. The van der Waals surface area contributed by atoms with Crippen molar-refractivity contribution in [3.63, 3.8) is 0 Å². The second-order valence-corrected chi connectivity index (χ2v) is 7.58. The summed E-state index contributed by atoms with van der Waals surface area (Å²) >= 11 is 6.34. The van der Waals surface area contributed by atoms with Gasteiger partial charge in [0, 0.05) is 17.0 Å². The minimum absolute atomic E-state index is 0.202. The molecule has 1 amide bonds. The highest BCUT2D eigenvalue weighted by Crippen LogP contribution is 2.29. The zero-order chi connectivity index (χ0) is 19.6. The molecule has 1 aromatic heterocycles. The third-order valence-electron chi connectivity index (χ3n) is 4.05. The van der Waals surface area contributed by atoms with Crippen LogP contribution in [0.15, 0.2) is 54.6 Å². The lowest BCUT2D eigenvalue weighted by Gasteiger charge is -2.14. The highest BCUT2D eigenvalue weighted by Gasteiger charge is 2.22. The molecule has 0 atom stereocenters. The summed E-state index contributed by atoms with van der Waals surface area (Å²) in [6, 6.07) is 17.8. The Bertz CT molecular complexity index is 1040. The van der Waals surface area contributed by atoms with Crippen LogP contribution in [0.25, 0.3) is 5.69 Å². The monoisotopic (exact) mass is 378 g/mol. The van der Waals surface area contributed by atoms with E-state index in [0.29, 0.717) is 27.7 Å². The van der Waals surface area contributed by atoms with Crippen molar-refractivity contribution in [3.8, 4) is 11.8 Å². The van der Waals surface area contributed by atoms with Gasteiger partial charge in [0.15, 0.2) is 0 Å². The highest BCUT2D eigenvalue weighted by molar-refractivity contribution is 6.32. The van der Waals surface area contributed by atoms with E-state index in [0.717, 1.165) is 5.69 Å². The number of aromatic nitrogens is 2. The fraction of sp³-hybridized carbons (Fsp3) is 0.190. The fourth-order valence-electron chi connectivity index (χ4n) is 2.56. The van der Waals surface area contributed by atoms with Crippen molar-refractivity contribution >= 4 is 23.3 Å². The van der Waals surface area contributed by atoms with Gasteiger partial charge in [0.1, 0.15) is 5.82 Å². The van der Waals surface area contributed by atoms with Gasteiger partial charge in [-0.3, -0.25) is 4.79 Å². The van der Waals surface area contributed by atoms with Gasteiger partial charge in [-0.2, -0.15) is 10.4 Å². The second kappa shape index (κ2) is 7.26. The predicted molar refractivity (Wildman–Crippen MR) is 106 cm³/mol. The van der Waals surface area contributed by atoms with Gasteiger partial charge in [-0.15, -0.1) is 0 Å². The van der Waals surface area contributed by atoms with Gasteiger partial charge >= 0.3 is 0 Å². The van der Waals surface area contributed by atoms with Crippen LogP contribution in [-0.4, -0.2) is 15.7 Å². The topological polar surface area (TPSA) is 70.7 Å². The Balaban J connectivity index is 2.04. The van der Waals surface area contributed by atoms with Crippen molar-refractivity contribution in [1.29, 1.82) is 5.26 Å². The number of halogens is 1. The summed E-state index contributed by atoms with van der Waals surface area (Å²) < 4.78 is 1.63. The number of rotatable bonds is 3. The molecule has 1 N–H and O–H groups in total. The van der Waals surface area contributed by atoms with Gasteiger partial charge in [0.25, 0.3) is 5.91 Å². The van der Waals surface area contributed by atoms with Crippen molar-refractivity contribution in [2.75, 3.05) is 5.32 Å². The van der Waals surface area contributed by atoms with Crippen LogP contribution in [0.1, 0.15) is 42.4 Å². The molecule has 3 aromatic rings. The number of anilines is 1. The van der Waals surface area contributed by atoms with Crippen molar-refractivity contribution in [2.24, 2.45) is 0 Å². The van der Waals surface area contributed by atoms with Crippen LogP contribution in [0.5, 0.6) is 0 Å². The van der Waals surface area contributed by atoms with Crippen molar-refractivity contribution < 1.29 is 4.79 Å². The molecule has 0 radical (unpaired) electrons. The van der Waals surface area contributed by atoms with Crippen LogP contribution in [0.2, 0.25) is 5.02 Å². The zero-order valence-corrected chi connectivity index (χ0v) is 16.1. The SMILES string of the molecule is CC(C)(C)c1cc(NC(=O)c2cccc(C#N)c2)n(-c2ccccc2Cl)n1. The average molecular weight is 379 g/mol. The van der Waals surface area contributed by atoms with E-state index in [1.165, 1.54) is 0 Å². The maximum absolute atomic E-state index is 12.7. The van der Waals surface area contributed by atoms with E-state index in [2.05, 4.69) is 10.4 Å². The first kappa shape index (κ1) is 18.7. The Morgan fingerprint density at radius 2 is 1.89 bits per heavy atom. The summed E-state index contributed by atoms with van der Waals surface area (Å²) in [6.07, 6.45) is 0. The maximum Gasteiger partial charge on any atom is 0.256 e. The molecule has 136 valence electrons. The number of nitriles is 1. The Morgan fingerprint density at radius 3 is 2.56 bits per heavy atom. The molecule has 2 aromatic carbocycles. The molecule has 0 bridgehead atoms. The van der Waals surface area contributed by atoms with Crippen LogP contribution in [-0.2, 0) is 5.41 Å². The minimum Gasteiger partial charge on any atom is -0.306 e. The summed E-state index contributed by atoms with van der Waals surface area (Å²) in [5.41, 5.74) is 2.13. The van der Waals surface area contributed by atoms with E-state index in [1.807, 2.05) is 51.1 Å². The van der Waals surface area contributed by atoms with Crippen LogP contribution in [0.4, 0.5) is 5.82 Å². The van der Waals surface area contributed by atoms with Gasteiger partial charge in [-0.05, 0) is 30.3 Å². The predicted octanol–water partition coefficient (Wildman–Crippen LogP) is 4.95. The number of amides is 1. The zero-order valence-electron chi connectivity index (χ0n) is 15.3. The Morgan fingerprint density at radius 1 is 1.15 bits per heavy atom. The lowest BCUT2D eigenvalue weighted by Crippen LogP contribution is -2.15. The molecule has 3 rings (SSSR count). The van der Waals surface area contributed by atoms with Crippen LogP contribution in [0.3, 0.4) is 0 Å². The second-order valence-electron chi connectivity index (χ2n) is 7.17. The molecule has 0 saturated carbocycles. The fourth-order valence-corrected chi connectivity index (χ4v) is 2.78.